The smallest absolute Gasteiger partial charge is 0.416 e. The molecule has 2 atom stereocenters. The lowest BCUT2D eigenvalue weighted by Gasteiger charge is -2.30. The number of methoxy groups -OCH3 is 1. The van der Waals surface area contributed by atoms with Gasteiger partial charge in [0.1, 0.15) is 5.75 Å². The Morgan fingerprint density at radius 1 is 0.625 bits per heavy atom. The van der Waals surface area contributed by atoms with Crippen LogP contribution in [-0.2, 0) is 6.18 Å². The molecule has 0 unspecified atom stereocenters. The first-order chi connectivity index (χ1) is 19.2. The number of nitrogens with one attached hydrogen (secondary N) is 4. The number of carbonyl (C=O) groups is 2. The van der Waals surface area contributed by atoms with Crippen molar-refractivity contribution in [2.75, 3.05) is 17.7 Å². The van der Waals surface area contributed by atoms with Gasteiger partial charge in [-0.3, -0.25) is 0 Å². The van der Waals surface area contributed by atoms with E-state index in [1.807, 2.05) is 48.5 Å². The number of benzene rings is 4. The summed E-state index contributed by atoms with van der Waals surface area (Å²) in [4.78, 5) is 26.2. The lowest BCUT2D eigenvalue weighted by Crippen LogP contribution is -2.43. The van der Waals surface area contributed by atoms with Gasteiger partial charge in [0.15, 0.2) is 0 Å². The number of halogens is 3. The summed E-state index contributed by atoms with van der Waals surface area (Å²) in [6, 6.07) is 26.5. The van der Waals surface area contributed by atoms with Crippen LogP contribution in [0.25, 0.3) is 0 Å². The Hall–Kier alpha value is -4.99. The largest absolute Gasteiger partial charge is 0.497 e. The molecule has 0 aromatic heterocycles. The third-order valence-corrected chi connectivity index (χ3v) is 6.04. The zero-order valence-electron chi connectivity index (χ0n) is 21.4. The number of hydrogen-bond donors (Lipinski definition) is 4. The van der Waals surface area contributed by atoms with Crippen LogP contribution in [0.4, 0.5) is 34.1 Å². The molecule has 4 N–H and O–H groups in total. The van der Waals surface area contributed by atoms with Crippen molar-refractivity contribution in [1.82, 2.24) is 10.6 Å². The average molecular weight is 549 g/mol. The Bertz CT molecular complexity index is 1400. The second-order valence-electron chi connectivity index (χ2n) is 8.78. The summed E-state index contributed by atoms with van der Waals surface area (Å²) in [5, 5.41) is 11.2. The molecule has 0 radical (unpaired) electrons. The molecule has 0 aliphatic rings. The summed E-state index contributed by atoms with van der Waals surface area (Å²) < 4.78 is 43.9. The zero-order valence-corrected chi connectivity index (χ0v) is 21.4. The van der Waals surface area contributed by atoms with Crippen LogP contribution >= 0.6 is 0 Å². The van der Waals surface area contributed by atoms with Crippen molar-refractivity contribution in [3.63, 3.8) is 0 Å². The van der Waals surface area contributed by atoms with Gasteiger partial charge in [0.05, 0.1) is 24.8 Å². The number of urea groups is 2. The van der Waals surface area contributed by atoms with Crippen LogP contribution in [0.3, 0.4) is 0 Å². The Morgan fingerprint density at radius 2 is 1.02 bits per heavy atom. The molecular weight excluding hydrogens is 521 g/mol. The Balaban J connectivity index is 1.58. The lowest BCUT2D eigenvalue weighted by atomic mass is 9.93. The second kappa shape index (κ2) is 12.7. The average Bonchev–Trinajstić information content (AvgIpc) is 2.96. The number of anilines is 2. The van der Waals surface area contributed by atoms with E-state index in [0.29, 0.717) is 17.0 Å². The fraction of sp³-hybridized carbons (Fsp3) is 0.133. The van der Waals surface area contributed by atoms with Gasteiger partial charge in [-0.25, -0.2) is 9.59 Å². The van der Waals surface area contributed by atoms with Crippen LogP contribution in [0.5, 0.6) is 5.75 Å². The van der Waals surface area contributed by atoms with Crippen LogP contribution in [-0.4, -0.2) is 19.2 Å². The minimum atomic E-state index is -4.49. The molecule has 206 valence electrons. The van der Waals surface area contributed by atoms with Crippen molar-refractivity contribution < 1.29 is 27.5 Å². The van der Waals surface area contributed by atoms with E-state index >= 15 is 0 Å². The normalized spacial score (nSPS) is 12.5. The third-order valence-electron chi connectivity index (χ3n) is 6.04. The van der Waals surface area contributed by atoms with Gasteiger partial charge in [-0.05, 0) is 59.7 Å². The Kier molecular flexibility index (Phi) is 8.90. The van der Waals surface area contributed by atoms with E-state index in [9.17, 15) is 22.8 Å². The van der Waals surface area contributed by atoms with Gasteiger partial charge >= 0.3 is 18.2 Å². The highest BCUT2D eigenvalue weighted by molar-refractivity contribution is 5.91. The first-order valence-corrected chi connectivity index (χ1v) is 12.3. The number of rotatable bonds is 8. The molecule has 10 heteroatoms. The van der Waals surface area contributed by atoms with E-state index in [0.717, 1.165) is 17.7 Å². The van der Waals surface area contributed by atoms with E-state index in [4.69, 9.17) is 4.74 Å². The maximum atomic E-state index is 13.1. The molecule has 0 saturated heterocycles. The molecule has 0 heterocycles. The highest BCUT2D eigenvalue weighted by atomic mass is 19.4. The van der Waals surface area contributed by atoms with Crippen molar-refractivity contribution in [2.24, 2.45) is 0 Å². The van der Waals surface area contributed by atoms with Crippen molar-refractivity contribution in [3.05, 3.63) is 126 Å². The molecule has 0 aliphatic carbocycles. The molecule has 0 bridgehead atoms. The highest BCUT2D eigenvalue weighted by Gasteiger charge is 2.31. The molecule has 40 heavy (non-hydrogen) atoms. The number of hydrogen-bond acceptors (Lipinski definition) is 3. The molecule has 7 nitrogen and oxygen atoms in total. The topological polar surface area (TPSA) is 91.5 Å². The monoisotopic (exact) mass is 548 g/mol. The summed E-state index contributed by atoms with van der Waals surface area (Å²) in [5.74, 6) is 0.639. The third kappa shape index (κ3) is 7.53. The number of carbonyl (C=O) groups excluding carboxylic acids is 2. The highest BCUT2D eigenvalue weighted by Crippen LogP contribution is 2.31. The number of amides is 4. The van der Waals surface area contributed by atoms with Crippen molar-refractivity contribution >= 4 is 23.4 Å². The van der Waals surface area contributed by atoms with E-state index in [1.165, 1.54) is 12.1 Å². The SMILES string of the molecule is COc1ccc(NC(=O)N[C@@H](c2ccccc2)[C@@H](NC(=O)Nc2ccc(C(F)(F)F)cc2)c2ccccc2)cc1. The van der Waals surface area contributed by atoms with Crippen LogP contribution in [0, 0.1) is 0 Å². The number of ether oxygens (including phenoxy) is 1. The predicted octanol–water partition coefficient (Wildman–Crippen LogP) is 7.14. The van der Waals surface area contributed by atoms with Gasteiger partial charge in [-0.1, -0.05) is 60.7 Å². The van der Waals surface area contributed by atoms with Crippen LogP contribution in [0.2, 0.25) is 0 Å². The second-order valence-corrected chi connectivity index (χ2v) is 8.78. The maximum absolute atomic E-state index is 13.1. The maximum Gasteiger partial charge on any atom is 0.416 e. The van der Waals surface area contributed by atoms with Crippen LogP contribution < -0.4 is 26.0 Å². The quantitative estimate of drug-likeness (QED) is 0.189. The van der Waals surface area contributed by atoms with E-state index < -0.39 is 35.9 Å². The van der Waals surface area contributed by atoms with Gasteiger partial charge in [0.25, 0.3) is 0 Å². The molecule has 0 fully saturated rings. The van der Waals surface area contributed by atoms with Gasteiger partial charge in [0, 0.05) is 11.4 Å². The fourth-order valence-electron chi connectivity index (χ4n) is 4.07. The summed E-state index contributed by atoms with van der Waals surface area (Å²) in [5.41, 5.74) is 1.31. The summed E-state index contributed by atoms with van der Waals surface area (Å²) in [6.07, 6.45) is -4.49. The summed E-state index contributed by atoms with van der Waals surface area (Å²) in [7, 11) is 1.55. The van der Waals surface area contributed by atoms with E-state index in [2.05, 4.69) is 21.3 Å². The lowest BCUT2D eigenvalue weighted by molar-refractivity contribution is -0.137. The molecule has 4 amide bonds. The van der Waals surface area contributed by atoms with Crippen molar-refractivity contribution in [3.8, 4) is 5.75 Å². The van der Waals surface area contributed by atoms with Crippen molar-refractivity contribution in [1.29, 1.82) is 0 Å². The van der Waals surface area contributed by atoms with Gasteiger partial charge in [-0.15, -0.1) is 0 Å². The molecule has 0 saturated carbocycles. The fourth-order valence-corrected chi connectivity index (χ4v) is 4.07. The Labute approximate surface area is 229 Å². The first kappa shape index (κ1) is 28.0. The standard InChI is InChI=1S/C30H27F3N4O3/c1-40-25-18-16-24(17-19-25)35-29(39)37-27(21-10-6-3-7-11-21)26(20-8-4-2-5-9-20)36-28(38)34-23-14-12-22(13-15-23)30(31,32)33/h2-19,26-27H,1H3,(H2,34,36,38)(H2,35,37,39)/t26-,27-/m0/s1. The van der Waals surface area contributed by atoms with Gasteiger partial charge in [-0.2, -0.15) is 13.2 Å². The number of alkyl halides is 3. The van der Waals surface area contributed by atoms with Gasteiger partial charge < -0.3 is 26.0 Å². The molecule has 0 spiro atoms. The summed E-state index contributed by atoms with van der Waals surface area (Å²) >= 11 is 0. The first-order valence-electron chi connectivity index (χ1n) is 12.3. The van der Waals surface area contributed by atoms with E-state index in [-0.39, 0.29) is 5.69 Å². The molecule has 0 aliphatic heterocycles. The molecule has 4 aromatic rings. The molecular formula is C30H27F3N4O3. The van der Waals surface area contributed by atoms with Crippen LogP contribution in [0.15, 0.2) is 109 Å². The zero-order chi connectivity index (χ0) is 28.5. The minimum Gasteiger partial charge on any atom is -0.497 e. The molecule has 4 rings (SSSR count). The van der Waals surface area contributed by atoms with E-state index in [1.54, 1.807) is 43.5 Å². The Morgan fingerprint density at radius 3 is 1.40 bits per heavy atom. The minimum absolute atomic E-state index is 0.179. The molecule has 4 aromatic carbocycles. The predicted molar refractivity (Wildman–Crippen MR) is 147 cm³/mol. The van der Waals surface area contributed by atoms with Gasteiger partial charge in [0.2, 0.25) is 0 Å². The van der Waals surface area contributed by atoms with Crippen molar-refractivity contribution in [2.45, 2.75) is 18.3 Å². The summed E-state index contributed by atoms with van der Waals surface area (Å²) in [6.45, 7) is 0. The van der Waals surface area contributed by atoms with Crippen LogP contribution in [0.1, 0.15) is 28.8 Å².